The number of benzene rings is 1. The van der Waals surface area contributed by atoms with Crippen LogP contribution in [-0.2, 0) is 17.1 Å². The summed E-state index contributed by atoms with van der Waals surface area (Å²) in [5.74, 6) is 0.428. The molecule has 0 unspecified atom stereocenters. The quantitative estimate of drug-likeness (QED) is 0.811. The van der Waals surface area contributed by atoms with Crippen molar-refractivity contribution in [2.75, 3.05) is 17.9 Å². The molecular weight excluding hydrogens is 280 g/mol. The van der Waals surface area contributed by atoms with Crippen LogP contribution < -0.4 is 15.2 Å². The van der Waals surface area contributed by atoms with Gasteiger partial charge in [-0.05, 0) is 12.1 Å². The van der Waals surface area contributed by atoms with Crippen molar-refractivity contribution in [1.29, 1.82) is 0 Å². The zero-order valence-electron chi connectivity index (χ0n) is 11.0. The number of sulfonamides is 1. The van der Waals surface area contributed by atoms with E-state index in [1.54, 1.807) is 35.9 Å². The first-order valence-electron chi connectivity index (χ1n) is 5.95. The second kappa shape index (κ2) is 5.93. The largest absolute Gasteiger partial charge is 0.490 e. The summed E-state index contributed by atoms with van der Waals surface area (Å²) in [4.78, 5) is 3.83. The Bertz CT molecular complexity index is 682. The Morgan fingerprint density at radius 1 is 1.40 bits per heavy atom. The third kappa shape index (κ3) is 3.28. The Hall–Kier alpha value is -2.06. The lowest BCUT2D eigenvalue weighted by Gasteiger charge is -2.12. The van der Waals surface area contributed by atoms with Crippen LogP contribution in [-0.4, -0.2) is 31.1 Å². The van der Waals surface area contributed by atoms with E-state index in [4.69, 9.17) is 10.5 Å². The number of aryl methyl sites for hydroxylation is 1. The molecule has 3 N–H and O–H groups in total. The highest BCUT2D eigenvalue weighted by atomic mass is 32.2. The lowest BCUT2D eigenvalue weighted by molar-refractivity contribution is 0.330. The fourth-order valence-corrected chi connectivity index (χ4v) is 2.62. The highest BCUT2D eigenvalue weighted by molar-refractivity contribution is 7.92. The molecule has 7 nitrogen and oxygen atoms in total. The number of nitrogens with zero attached hydrogens (tertiary/aromatic N) is 2. The molecule has 0 bridgehead atoms. The zero-order valence-corrected chi connectivity index (χ0v) is 11.8. The van der Waals surface area contributed by atoms with Crippen LogP contribution in [0.25, 0.3) is 0 Å². The van der Waals surface area contributed by atoms with Crippen LogP contribution in [0.2, 0.25) is 0 Å². The molecule has 8 heteroatoms. The second-order valence-corrected chi connectivity index (χ2v) is 5.75. The van der Waals surface area contributed by atoms with E-state index >= 15 is 0 Å². The smallest absolute Gasteiger partial charge is 0.281 e. The Balaban J connectivity index is 2.25. The minimum atomic E-state index is -3.73. The van der Waals surface area contributed by atoms with Crippen LogP contribution in [0.1, 0.15) is 0 Å². The number of nitrogens with two attached hydrogens (primary N) is 1. The molecule has 0 amide bonds. The normalized spacial score (nSPS) is 11.3. The molecule has 2 aromatic rings. The van der Waals surface area contributed by atoms with E-state index < -0.39 is 10.0 Å². The van der Waals surface area contributed by atoms with Gasteiger partial charge in [0.25, 0.3) is 10.0 Å². The summed E-state index contributed by atoms with van der Waals surface area (Å²) >= 11 is 0. The maximum Gasteiger partial charge on any atom is 0.281 e. The van der Waals surface area contributed by atoms with Crippen molar-refractivity contribution in [3.8, 4) is 5.75 Å². The van der Waals surface area contributed by atoms with Crippen molar-refractivity contribution < 1.29 is 13.2 Å². The Kier molecular flexibility index (Phi) is 4.26. The van der Waals surface area contributed by atoms with Gasteiger partial charge in [-0.2, -0.15) is 8.42 Å². The summed E-state index contributed by atoms with van der Waals surface area (Å²) in [7, 11) is -2.03. The van der Waals surface area contributed by atoms with E-state index in [0.29, 0.717) is 24.6 Å². The van der Waals surface area contributed by atoms with E-state index in [-0.39, 0.29) is 5.03 Å². The first-order chi connectivity index (χ1) is 9.53. The lowest BCUT2D eigenvalue weighted by Crippen LogP contribution is -2.16. The Morgan fingerprint density at radius 2 is 2.15 bits per heavy atom. The van der Waals surface area contributed by atoms with Crippen molar-refractivity contribution in [2.45, 2.75) is 5.03 Å². The fourth-order valence-electron chi connectivity index (χ4n) is 1.57. The molecule has 2 rings (SSSR count). The highest BCUT2D eigenvalue weighted by Crippen LogP contribution is 2.26. The molecule has 0 aliphatic heterocycles. The maximum absolute atomic E-state index is 12.2. The van der Waals surface area contributed by atoms with Gasteiger partial charge in [0.15, 0.2) is 5.03 Å². The SMILES string of the molecule is Cn1cnc(S(=O)(=O)Nc2ccccc2OCCN)c1. The molecule has 0 atom stereocenters. The number of nitrogens with one attached hydrogen (secondary N) is 1. The van der Waals surface area contributed by atoms with Gasteiger partial charge in [0, 0.05) is 19.8 Å². The third-order valence-electron chi connectivity index (χ3n) is 2.46. The van der Waals surface area contributed by atoms with Gasteiger partial charge in [-0.3, -0.25) is 4.72 Å². The molecule has 0 aliphatic carbocycles. The van der Waals surface area contributed by atoms with Crippen molar-refractivity contribution in [3.05, 3.63) is 36.8 Å². The molecule has 1 aromatic carbocycles. The van der Waals surface area contributed by atoms with Gasteiger partial charge in [-0.25, -0.2) is 4.98 Å². The van der Waals surface area contributed by atoms with Crippen LogP contribution in [0.15, 0.2) is 41.8 Å². The predicted molar refractivity (Wildman–Crippen MR) is 75.0 cm³/mol. The number of aromatic nitrogens is 2. The Labute approximate surface area is 117 Å². The van der Waals surface area contributed by atoms with Crippen LogP contribution >= 0.6 is 0 Å². The molecule has 1 heterocycles. The van der Waals surface area contributed by atoms with Gasteiger partial charge in [0.1, 0.15) is 12.4 Å². The van der Waals surface area contributed by atoms with E-state index in [2.05, 4.69) is 9.71 Å². The minimum absolute atomic E-state index is 0.0476. The third-order valence-corrected chi connectivity index (χ3v) is 3.71. The average Bonchev–Trinajstić information content (AvgIpc) is 2.85. The minimum Gasteiger partial charge on any atom is -0.490 e. The van der Waals surface area contributed by atoms with Gasteiger partial charge >= 0.3 is 0 Å². The summed E-state index contributed by atoms with van der Waals surface area (Å²) in [6.07, 6.45) is 2.84. The summed E-state index contributed by atoms with van der Waals surface area (Å²) in [5, 5.41) is -0.0476. The topological polar surface area (TPSA) is 99.2 Å². The number of hydrogen-bond acceptors (Lipinski definition) is 5. The molecule has 0 aliphatic rings. The lowest BCUT2D eigenvalue weighted by atomic mass is 10.3. The second-order valence-electron chi connectivity index (χ2n) is 4.12. The first-order valence-corrected chi connectivity index (χ1v) is 7.44. The molecule has 1 aromatic heterocycles. The zero-order chi connectivity index (χ0) is 14.6. The summed E-state index contributed by atoms with van der Waals surface area (Å²) in [6, 6.07) is 6.76. The number of para-hydroxylation sites is 2. The first kappa shape index (κ1) is 14.4. The van der Waals surface area contributed by atoms with E-state index in [0.717, 1.165) is 0 Å². The van der Waals surface area contributed by atoms with Crippen molar-refractivity contribution in [1.82, 2.24) is 9.55 Å². The molecule has 0 radical (unpaired) electrons. The van der Waals surface area contributed by atoms with Gasteiger partial charge in [0.2, 0.25) is 0 Å². The molecule has 0 saturated carbocycles. The molecule has 0 saturated heterocycles. The Morgan fingerprint density at radius 3 is 2.80 bits per heavy atom. The number of ether oxygens (including phenoxy) is 1. The number of anilines is 1. The summed E-state index contributed by atoms with van der Waals surface area (Å²) in [6.45, 7) is 0.656. The van der Waals surface area contributed by atoms with E-state index in [9.17, 15) is 8.42 Å². The molecule has 0 fully saturated rings. The van der Waals surface area contributed by atoms with Gasteiger partial charge < -0.3 is 15.0 Å². The monoisotopic (exact) mass is 296 g/mol. The fraction of sp³-hybridized carbons (Fsp3) is 0.250. The average molecular weight is 296 g/mol. The van der Waals surface area contributed by atoms with Gasteiger partial charge in [-0.1, -0.05) is 12.1 Å². The predicted octanol–water partition coefficient (Wildman–Crippen LogP) is 0.558. The van der Waals surface area contributed by atoms with Crippen molar-refractivity contribution in [3.63, 3.8) is 0 Å². The van der Waals surface area contributed by atoms with Crippen LogP contribution in [0.5, 0.6) is 5.75 Å². The molecule has 0 spiro atoms. The molecule has 108 valence electrons. The molecular formula is C12H16N4O3S. The van der Waals surface area contributed by atoms with E-state index in [1.165, 1.54) is 12.5 Å². The summed E-state index contributed by atoms with van der Waals surface area (Å²) < 4.78 is 33.8. The highest BCUT2D eigenvalue weighted by Gasteiger charge is 2.18. The molecule has 20 heavy (non-hydrogen) atoms. The van der Waals surface area contributed by atoms with Crippen LogP contribution in [0.4, 0.5) is 5.69 Å². The van der Waals surface area contributed by atoms with Gasteiger partial charge in [-0.15, -0.1) is 0 Å². The van der Waals surface area contributed by atoms with Gasteiger partial charge in [0.05, 0.1) is 12.0 Å². The number of rotatable bonds is 6. The summed E-state index contributed by atoms with van der Waals surface area (Å²) in [5.41, 5.74) is 5.72. The van der Waals surface area contributed by atoms with E-state index in [1.807, 2.05) is 0 Å². The number of hydrogen-bond donors (Lipinski definition) is 2. The van der Waals surface area contributed by atoms with Crippen molar-refractivity contribution in [2.24, 2.45) is 12.8 Å². The van der Waals surface area contributed by atoms with Crippen molar-refractivity contribution >= 4 is 15.7 Å². The standard InChI is InChI=1S/C12H16N4O3S/c1-16-8-12(14-9-16)20(17,18)15-10-4-2-3-5-11(10)19-7-6-13/h2-5,8-9,15H,6-7,13H2,1H3. The maximum atomic E-state index is 12.2. The number of imidazole rings is 1. The van der Waals surface area contributed by atoms with Crippen LogP contribution in [0, 0.1) is 0 Å². The van der Waals surface area contributed by atoms with Crippen LogP contribution in [0.3, 0.4) is 0 Å².